The summed E-state index contributed by atoms with van der Waals surface area (Å²) in [6.45, 7) is 6.18. The molecule has 0 radical (unpaired) electrons. The highest BCUT2D eigenvalue weighted by atomic mass is 16.5. The number of fused-ring (bicyclic) bond motifs is 1. The topological polar surface area (TPSA) is 49.9 Å². The molecule has 2 amide bonds. The van der Waals surface area contributed by atoms with Gasteiger partial charge in [-0.15, -0.1) is 0 Å². The maximum atomic E-state index is 13.4. The lowest BCUT2D eigenvalue weighted by molar-refractivity contribution is -0.134. The maximum absolute atomic E-state index is 13.4. The molecule has 1 aliphatic heterocycles. The van der Waals surface area contributed by atoms with Gasteiger partial charge < -0.3 is 14.5 Å². The molecule has 0 spiro atoms. The lowest BCUT2D eigenvalue weighted by atomic mass is 10.0. The van der Waals surface area contributed by atoms with E-state index in [4.69, 9.17) is 4.74 Å². The smallest absolute Gasteiger partial charge is 0.257 e. The number of carbonyl (C=O) groups excluding carboxylic acids is 2. The minimum atomic E-state index is -0.0186. The van der Waals surface area contributed by atoms with Crippen LogP contribution < -0.4 is 4.74 Å². The van der Waals surface area contributed by atoms with Crippen LogP contribution in [0.2, 0.25) is 0 Å². The first kappa shape index (κ1) is 24.8. The molecule has 0 saturated carbocycles. The lowest BCUT2D eigenvalue weighted by Crippen LogP contribution is -2.45. The number of ether oxygens (including phenoxy) is 1. The van der Waals surface area contributed by atoms with E-state index in [1.54, 1.807) is 4.90 Å². The molecule has 33 heavy (non-hydrogen) atoms. The van der Waals surface area contributed by atoms with Crippen molar-refractivity contribution in [1.82, 2.24) is 9.80 Å². The van der Waals surface area contributed by atoms with Crippen molar-refractivity contribution < 1.29 is 14.3 Å². The summed E-state index contributed by atoms with van der Waals surface area (Å²) >= 11 is 0. The molecule has 5 heteroatoms. The molecular formula is C28H38N2O3. The fourth-order valence-corrected chi connectivity index (χ4v) is 4.45. The monoisotopic (exact) mass is 450 g/mol. The summed E-state index contributed by atoms with van der Waals surface area (Å²) in [6.07, 6.45) is 4.95. The van der Waals surface area contributed by atoms with Gasteiger partial charge >= 0.3 is 0 Å². The van der Waals surface area contributed by atoms with E-state index < -0.39 is 0 Å². The van der Waals surface area contributed by atoms with Crippen molar-refractivity contribution in [2.24, 2.45) is 5.92 Å². The van der Waals surface area contributed by atoms with Gasteiger partial charge in [0.1, 0.15) is 12.4 Å². The highest BCUT2D eigenvalue weighted by molar-refractivity contribution is 5.96. The van der Waals surface area contributed by atoms with E-state index in [0.717, 1.165) is 38.6 Å². The third-order valence-electron chi connectivity index (χ3n) is 6.26. The zero-order valence-corrected chi connectivity index (χ0v) is 20.3. The van der Waals surface area contributed by atoms with Gasteiger partial charge in [0.2, 0.25) is 5.91 Å². The molecule has 0 bridgehead atoms. The van der Waals surface area contributed by atoms with Gasteiger partial charge in [-0.05, 0) is 55.7 Å². The fourth-order valence-electron chi connectivity index (χ4n) is 4.45. The van der Waals surface area contributed by atoms with Crippen LogP contribution in [0.4, 0.5) is 0 Å². The molecule has 0 unspecified atom stereocenters. The van der Waals surface area contributed by atoms with Crippen LogP contribution in [0.25, 0.3) is 0 Å². The van der Waals surface area contributed by atoms with Crippen LogP contribution in [0.15, 0.2) is 54.6 Å². The van der Waals surface area contributed by atoms with E-state index in [1.807, 2.05) is 49.5 Å². The number of aryl methyl sites for hydroxylation is 1. The minimum absolute atomic E-state index is 0.0129. The number of benzene rings is 2. The number of amides is 2. The van der Waals surface area contributed by atoms with Crippen LogP contribution in [0.3, 0.4) is 0 Å². The van der Waals surface area contributed by atoms with E-state index in [-0.39, 0.29) is 17.9 Å². The first-order valence-corrected chi connectivity index (χ1v) is 12.3. The first-order valence-electron chi connectivity index (χ1n) is 12.3. The molecule has 0 fully saturated rings. The first-order chi connectivity index (χ1) is 16.0. The Morgan fingerprint density at radius 1 is 1.00 bits per heavy atom. The largest absolute Gasteiger partial charge is 0.491 e. The van der Waals surface area contributed by atoms with Gasteiger partial charge in [-0.2, -0.15) is 0 Å². The zero-order chi connectivity index (χ0) is 23.6. The Hall–Kier alpha value is -2.82. The van der Waals surface area contributed by atoms with Gasteiger partial charge in [0.25, 0.3) is 5.91 Å². The van der Waals surface area contributed by atoms with E-state index in [1.165, 1.54) is 5.56 Å². The predicted octanol–water partition coefficient (Wildman–Crippen LogP) is 5.20. The van der Waals surface area contributed by atoms with Crippen molar-refractivity contribution >= 4 is 11.8 Å². The molecule has 5 nitrogen and oxygen atoms in total. The zero-order valence-electron chi connectivity index (χ0n) is 20.3. The molecule has 0 N–H and O–H groups in total. The highest BCUT2D eigenvalue weighted by Gasteiger charge is 2.26. The van der Waals surface area contributed by atoms with Gasteiger partial charge in [0.15, 0.2) is 0 Å². The van der Waals surface area contributed by atoms with Gasteiger partial charge in [-0.25, -0.2) is 0 Å². The Morgan fingerprint density at radius 2 is 1.70 bits per heavy atom. The van der Waals surface area contributed by atoms with Crippen molar-refractivity contribution in [1.29, 1.82) is 0 Å². The molecule has 1 atom stereocenters. The Kier molecular flexibility index (Phi) is 9.35. The van der Waals surface area contributed by atoms with E-state index >= 15 is 0 Å². The summed E-state index contributed by atoms with van der Waals surface area (Å²) < 4.78 is 6.24. The quantitative estimate of drug-likeness (QED) is 0.629. The van der Waals surface area contributed by atoms with E-state index in [9.17, 15) is 9.59 Å². The van der Waals surface area contributed by atoms with Gasteiger partial charge in [0.05, 0.1) is 11.6 Å². The van der Waals surface area contributed by atoms with Crippen LogP contribution in [-0.2, 0) is 11.2 Å². The normalized spacial score (nSPS) is 18.1. The third-order valence-corrected chi connectivity index (χ3v) is 6.26. The molecule has 0 saturated heterocycles. The number of rotatable bonds is 5. The summed E-state index contributed by atoms with van der Waals surface area (Å²) in [5.74, 6) is 1.20. The summed E-state index contributed by atoms with van der Waals surface area (Å²) in [7, 11) is 1.85. The summed E-state index contributed by atoms with van der Waals surface area (Å²) in [4.78, 5) is 30.2. The van der Waals surface area contributed by atoms with Crippen molar-refractivity contribution in [2.75, 3.05) is 26.7 Å². The van der Waals surface area contributed by atoms with Crippen molar-refractivity contribution in [3.8, 4) is 5.75 Å². The Bertz CT molecular complexity index is 897. The minimum Gasteiger partial charge on any atom is -0.491 e. The van der Waals surface area contributed by atoms with Crippen LogP contribution in [0.5, 0.6) is 5.75 Å². The van der Waals surface area contributed by atoms with E-state index in [2.05, 4.69) is 30.9 Å². The second kappa shape index (κ2) is 12.4. The molecule has 2 aromatic carbocycles. The summed E-state index contributed by atoms with van der Waals surface area (Å²) in [5.41, 5.74) is 1.77. The second-order valence-electron chi connectivity index (χ2n) is 9.45. The van der Waals surface area contributed by atoms with Gasteiger partial charge in [0, 0.05) is 26.6 Å². The van der Waals surface area contributed by atoms with Gasteiger partial charge in [-0.3, -0.25) is 9.59 Å². The van der Waals surface area contributed by atoms with Crippen LogP contribution in [0, 0.1) is 5.92 Å². The van der Waals surface area contributed by atoms with Gasteiger partial charge in [-0.1, -0.05) is 56.3 Å². The summed E-state index contributed by atoms with van der Waals surface area (Å²) in [5, 5.41) is 0. The van der Waals surface area contributed by atoms with Crippen LogP contribution >= 0.6 is 0 Å². The molecule has 1 heterocycles. The fraction of sp³-hybridized carbons (Fsp3) is 0.500. The number of hydrogen-bond acceptors (Lipinski definition) is 3. The average Bonchev–Trinajstić information content (AvgIpc) is 2.83. The number of hydrogen-bond donors (Lipinski definition) is 0. The van der Waals surface area contributed by atoms with E-state index in [0.29, 0.717) is 36.8 Å². The second-order valence-corrected chi connectivity index (χ2v) is 9.45. The Labute approximate surface area is 198 Å². The number of carbonyl (C=O) groups is 2. The molecule has 2 aromatic rings. The van der Waals surface area contributed by atoms with Crippen LogP contribution in [0.1, 0.15) is 61.9 Å². The van der Waals surface area contributed by atoms with Crippen molar-refractivity contribution in [2.45, 2.75) is 58.4 Å². The van der Waals surface area contributed by atoms with Crippen LogP contribution in [-0.4, -0.2) is 54.4 Å². The maximum Gasteiger partial charge on any atom is 0.257 e. The predicted molar refractivity (Wildman–Crippen MR) is 132 cm³/mol. The number of para-hydroxylation sites is 1. The molecule has 0 aliphatic carbocycles. The molecule has 178 valence electrons. The van der Waals surface area contributed by atoms with Crippen molar-refractivity contribution in [3.05, 3.63) is 65.7 Å². The third kappa shape index (κ3) is 7.34. The average molecular weight is 451 g/mol. The Morgan fingerprint density at radius 3 is 2.45 bits per heavy atom. The standard InChI is InChI=1S/C28H38N2O3/c1-22(2)20-24-21-33-26-15-9-8-14-25(26)28(32)29(3)18-10-5-11-19-30(24)27(31)17-16-23-12-6-4-7-13-23/h4,6-9,12-15,22,24H,5,10-11,16-21H2,1-3H3/t24-/m0/s1. The molecular weight excluding hydrogens is 412 g/mol. The molecule has 0 aromatic heterocycles. The number of nitrogens with zero attached hydrogens (tertiary/aromatic N) is 2. The SMILES string of the molecule is CC(C)C[C@H]1COc2ccccc2C(=O)N(C)CCCCCN1C(=O)CCc1ccccc1. The van der Waals surface area contributed by atoms with Crippen molar-refractivity contribution in [3.63, 3.8) is 0 Å². The lowest BCUT2D eigenvalue weighted by Gasteiger charge is -2.33. The highest BCUT2D eigenvalue weighted by Crippen LogP contribution is 2.23. The molecule has 3 rings (SSSR count). The Balaban J connectivity index is 1.81. The molecule has 1 aliphatic rings. The summed E-state index contributed by atoms with van der Waals surface area (Å²) in [6, 6.07) is 17.6.